The van der Waals surface area contributed by atoms with E-state index >= 15 is 0 Å². The van der Waals surface area contributed by atoms with Crippen molar-refractivity contribution in [2.75, 3.05) is 20.3 Å². The zero-order chi connectivity index (χ0) is 24.2. The number of carbonyl (C=O) groups excluding carboxylic acids is 1. The molecule has 34 heavy (non-hydrogen) atoms. The van der Waals surface area contributed by atoms with Crippen LogP contribution in [-0.4, -0.2) is 47.2 Å². The lowest BCUT2D eigenvalue weighted by Gasteiger charge is -2.18. The van der Waals surface area contributed by atoms with Crippen LogP contribution in [0.5, 0.6) is 11.5 Å². The Kier molecular flexibility index (Phi) is 7.03. The molecule has 2 aromatic rings. The molecule has 0 spiro atoms. The second-order valence-corrected chi connectivity index (χ2v) is 8.15. The Balaban J connectivity index is 1.53. The highest BCUT2D eigenvalue weighted by Crippen LogP contribution is 2.30. The normalized spacial score (nSPS) is 18.9. The third-order valence-electron chi connectivity index (χ3n) is 5.49. The quantitative estimate of drug-likeness (QED) is 0.261. The minimum absolute atomic E-state index is 0.0281. The average molecular weight is 488 g/mol. The van der Waals surface area contributed by atoms with Crippen LogP contribution in [0.25, 0.3) is 6.08 Å². The van der Waals surface area contributed by atoms with Gasteiger partial charge >= 0.3 is 5.69 Å². The third-order valence-corrected chi connectivity index (χ3v) is 5.81. The zero-order valence-electron chi connectivity index (χ0n) is 18.3. The van der Waals surface area contributed by atoms with Crippen LogP contribution in [0.4, 0.5) is 10.1 Å². The molecule has 9 nitrogen and oxygen atoms in total. The molecule has 0 aromatic heterocycles. The molecular formula is C23H22FN3O6S. The first kappa shape index (κ1) is 23.6. The number of carbonyl (C=O) groups is 1. The monoisotopic (exact) mass is 487 g/mol. The van der Waals surface area contributed by atoms with Gasteiger partial charge in [0, 0.05) is 24.3 Å². The third kappa shape index (κ3) is 5.15. The lowest BCUT2D eigenvalue weighted by Crippen LogP contribution is -2.37. The standard InChI is InChI=1S/C23H22FN3O6S/c1-31-20-7-4-14(9-15(20)13-33-21-11-16(24)5-6-19(21)27(29)30)10-18-22(28)26(23(34)25-18)12-17-3-2-8-32-17/h4-7,9-11,17H,2-3,8,12-13H2,1H3,(H,25,34)/b18-10+. The van der Waals surface area contributed by atoms with Crippen molar-refractivity contribution in [2.45, 2.75) is 25.6 Å². The van der Waals surface area contributed by atoms with Gasteiger partial charge in [0.2, 0.25) is 0 Å². The van der Waals surface area contributed by atoms with Crippen LogP contribution in [0.1, 0.15) is 24.0 Å². The van der Waals surface area contributed by atoms with Crippen molar-refractivity contribution in [1.29, 1.82) is 0 Å². The second kappa shape index (κ2) is 10.1. The molecule has 4 rings (SSSR count). The summed E-state index contributed by atoms with van der Waals surface area (Å²) < 4.78 is 30.1. The molecule has 2 aliphatic rings. The Morgan fingerprint density at radius 1 is 1.32 bits per heavy atom. The van der Waals surface area contributed by atoms with Crippen LogP contribution in [0, 0.1) is 15.9 Å². The summed E-state index contributed by atoms with van der Waals surface area (Å²) in [6.45, 7) is 0.969. The van der Waals surface area contributed by atoms with Crippen molar-refractivity contribution in [2.24, 2.45) is 0 Å². The van der Waals surface area contributed by atoms with Crippen molar-refractivity contribution < 1.29 is 28.3 Å². The molecule has 2 aliphatic heterocycles. The molecule has 0 saturated carbocycles. The van der Waals surface area contributed by atoms with Gasteiger partial charge in [-0.3, -0.25) is 19.8 Å². The number of hydrogen-bond donors (Lipinski definition) is 1. The first-order valence-corrected chi connectivity index (χ1v) is 11.0. The fraction of sp³-hybridized carbons (Fsp3) is 0.304. The number of thiocarbonyl (C=S) groups is 1. The van der Waals surface area contributed by atoms with Crippen LogP contribution in [0.15, 0.2) is 42.1 Å². The van der Waals surface area contributed by atoms with Gasteiger partial charge in [0.1, 0.15) is 23.9 Å². The van der Waals surface area contributed by atoms with E-state index in [1.165, 1.54) is 12.0 Å². The van der Waals surface area contributed by atoms with Crippen molar-refractivity contribution in [3.8, 4) is 11.5 Å². The van der Waals surface area contributed by atoms with Crippen LogP contribution in [0.3, 0.4) is 0 Å². The maximum absolute atomic E-state index is 13.6. The maximum Gasteiger partial charge on any atom is 0.311 e. The molecule has 11 heteroatoms. The van der Waals surface area contributed by atoms with Gasteiger partial charge < -0.3 is 19.5 Å². The molecule has 2 aromatic carbocycles. The van der Waals surface area contributed by atoms with Crippen LogP contribution in [0.2, 0.25) is 0 Å². The molecule has 2 saturated heterocycles. The number of nitro benzene ring substituents is 1. The lowest BCUT2D eigenvalue weighted by molar-refractivity contribution is -0.386. The van der Waals surface area contributed by atoms with Crippen molar-refractivity contribution in [3.05, 3.63) is 69.2 Å². The molecule has 0 bridgehead atoms. The van der Waals surface area contributed by atoms with Gasteiger partial charge in [0.05, 0.1) is 24.7 Å². The number of ether oxygens (including phenoxy) is 3. The average Bonchev–Trinajstić information content (AvgIpc) is 3.42. The number of amides is 1. The summed E-state index contributed by atoms with van der Waals surface area (Å²) in [5.41, 5.74) is 1.19. The minimum atomic E-state index is -0.652. The highest BCUT2D eigenvalue weighted by Gasteiger charge is 2.33. The van der Waals surface area contributed by atoms with Gasteiger partial charge in [-0.1, -0.05) is 6.07 Å². The summed E-state index contributed by atoms with van der Waals surface area (Å²) in [5, 5.41) is 14.5. The predicted molar refractivity (Wildman–Crippen MR) is 125 cm³/mol. The van der Waals surface area contributed by atoms with Gasteiger partial charge in [-0.15, -0.1) is 0 Å². The van der Waals surface area contributed by atoms with Crippen molar-refractivity contribution in [1.82, 2.24) is 10.2 Å². The Morgan fingerprint density at radius 3 is 2.85 bits per heavy atom. The summed E-state index contributed by atoms with van der Waals surface area (Å²) in [5.74, 6) is -0.620. The van der Waals surface area contributed by atoms with E-state index in [2.05, 4.69) is 5.32 Å². The second-order valence-electron chi connectivity index (χ2n) is 7.77. The van der Waals surface area contributed by atoms with Gasteiger partial charge in [0.25, 0.3) is 5.91 Å². The molecule has 1 atom stereocenters. The summed E-state index contributed by atoms with van der Waals surface area (Å²) >= 11 is 5.32. The molecule has 1 amide bonds. The van der Waals surface area contributed by atoms with Crippen LogP contribution >= 0.6 is 12.2 Å². The van der Waals surface area contributed by atoms with E-state index in [9.17, 15) is 19.3 Å². The van der Waals surface area contributed by atoms with E-state index in [1.54, 1.807) is 24.3 Å². The molecule has 2 heterocycles. The summed E-state index contributed by atoms with van der Waals surface area (Å²) in [4.78, 5) is 24.9. The predicted octanol–water partition coefficient (Wildman–Crippen LogP) is 3.56. The van der Waals surface area contributed by atoms with Crippen molar-refractivity contribution >= 4 is 35.0 Å². The highest BCUT2D eigenvalue weighted by molar-refractivity contribution is 7.80. The molecule has 0 radical (unpaired) electrons. The number of nitrogens with one attached hydrogen (secondary N) is 1. The Morgan fingerprint density at radius 2 is 2.15 bits per heavy atom. The van der Waals surface area contributed by atoms with E-state index in [1.807, 2.05) is 0 Å². The largest absolute Gasteiger partial charge is 0.496 e. The first-order chi connectivity index (χ1) is 16.4. The van der Waals surface area contributed by atoms with Gasteiger partial charge in [0.15, 0.2) is 10.9 Å². The maximum atomic E-state index is 13.6. The molecule has 178 valence electrons. The summed E-state index contributed by atoms with van der Waals surface area (Å²) in [6, 6.07) is 8.16. The molecule has 2 fully saturated rings. The van der Waals surface area contributed by atoms with E-state index in [4.69, 9.17) is 26.4 Å². The van der Waals surface area contributed by atoms with Gasteiger partial charge in [-0.25, -0.2) is 4.39 Å². The topological polar surface area (TPSA) is 103 Å². The number of benzene rings is 2. The first-order valence-electron chi connectivity index (χ1n) is 10.6. The van der Waals surface area contributed by atoms with Crippen molar-refractivity contribution in [3.63, 3.8) is 0 Å². The van der Waals surface area contributed by atoms with Crippen LogP contribution in [-0.2, 0) is 16.1 Å². The number of hydrogen-bond acceptors (Lipinski definition) is 7. The Bertz CT molecular complexity index is 1170. The minimum Gasteiger partial charge on any atom is -0.496 e. The molecule has 0 aliphatic carbocycles. The zero-order valence-corrected chi connectivity index (χ0v) is 19.1. The Hall–Kier alpha value is -3.57. The fourth-order valence-corrected chi connectivity index (χ4v) is 4.07. The van der Waals surface area contributed by atoms with E-state index in [-0.39, 0.29) is 30.1 Å². The summed E-state index contributed by atoms with van der Waals surface area (Å²) in [6.07, 6.45) is 3.47. The van der Waals surface area contributed by atoms with Crippen LogP contribution < -0.4 is 14.8 Å². The van der Waals surface area contributed by atoms with E-state index in [0.29, 0.717) is 40.8 Å². The van der Waals surface area contributed by atoms with Gasteiger partial charge in [-0.2, -0.15) is 0 Å². The van der Waals surface area contributed by atoms with E-state index in [0.717, 1.165) is 31.0 Å². The SMILES string of the molecule is COc1ccc(/C=C2/NC(=S)N(CC3CCCO3)C2=O)cc1COc1cc(F)ccc1[N+](=O)[O-]. The number of halogens is 1. The number of nitro groups is 1. The fourth-order valence-electron chi connectivity index (χ4n) is 3.81. The van der Waals surface area contributed by atoms with Gasteiger partial charge in [-0.05, 0) is 54.9 Å². The molecule has 1 unspecified atom stereocenters. The lowest BCUT2D eigenvalue weighted by atomic mass is 10.1. The Labute approximate surface area is 200 Å². The summed E-state index contributed by atoms with van der Waals surface area (Å²) in [7, 11) is 1.48. The molecule has 1 N–H and O–H groups in total. The smallest absolute Gasteiger partial charge is 0.311 e. The highest BCUT2D eigenvalue weighted by atomic mass is 32.1. The molecular weight excluding hydrogens is 465 g/mol. The van der Waals surface area contributed by atoms with E-state index < -0.39 is 10.7 Å². The number of methoxy groups -OCH3 is 1. The number of nitrogens with zero attached hydrogens (tertiary/aromatic N) is 2. The number of rotatable bonds is 8.